The van der Waals surface area contributed by atoms with E-state index < -0.39 is 21.5 Å². The van der Waals surface area contributed by atoms with Crippen molar-refractivity contribution in [3.8, 4) is 0 Å². The molecular weight excluding hydrogens is 328 g/mol. The third-order valence-electron chi connectivity index (χ3n) is 3.80. The van der Waals surface area contributed by atoms with E-state index in [9.17, 15) is 13.2 Å². The molecule has 0 spiro atoms. The summed E-state index contributed by atoms with van der Waals surface area (Å²) in [4.78, 5) is 18.0. The van der Waals surface area contributed by atoms with Crippen molar-refractivity contribution in [2.24, 2.45) is 0 Å². The van der Waals surface area contributed by atoms with Gasteiger partial charge in [-0.1, -0.05) is 6.07 Å². The van der Waals surface area contributed by atoms with Crippen LogP contribution in [0.5, 0.6) is 0 Å². The molecule has 134 valence electrons. The first-order valence-electron chi connectivity index (χ1n) is 8.26. The zero-order valence-electron chi connectivity index (χ0n) is 14.6. The highest BCUT2D eigenvalue weighted by molar-refractivity contribution is 7.90. The maximum absolute atomic E-state index is 12.5. The number of hydrogen-bond donors (Lipinski definition) is 0. The number of amides is 1. The normalized spacial score (nSPS) is 19.1. The van der Waals surface area contributed by atoms with Crippen molar-refractivity contribution < 1.29 is 17.9 Å². The number of nitrogens with zero attached hydrogens (tertiary/aromatic N) is 2. The van der Waals surface area contributed by atoms with Crippen LogP contribution < -0.4 is 0 Å². The van der Waals surface area contributed by atoms with Gasteiger partial charge in [0.05, 0.1) is 17.2 Å². The second kappa shape index (κ2) is 7.51. The van der Waals surface area contributed by atoms with E-state index in [1.807, 2.05) is 20.8 Å². The molecule has 1 aliphatic rings. The van der Waals surface area contributed by atoms with Gasteiger partial charge in [-0.25, -0.2) is 13.2 Å². The predicted molar refractivity (Wildman–Crippen MR) is 92.3 cm³/mol. The van der Waals surface area contributed by atoms with Gasteiger partial charge in [-0.2, -0.15) is 0 Å². The molecule has 6 nitrogen and oxygen atoms in total. The summed E-state index contributed by atoms with van der Waals surface area (Å²) in [5.74, 6) is -0.157. The van der Waals surface area contributed by atoms with E-state index in [4.69, 9.17) is 4.74 Å². The first-order chi connectivity index (χ1) is 11.2. The topological polar surface area (TPSA) is 76.6 Å². The third kappa shape index (κ3) is 5.78. The van der Waals surface area contributed by atoms with Crippen molar-refractivity contribution in [1.29, 1.82) is 0 Å². The highest BCUT2D eigenvalue weighted by Crippen LogP contribution is 2.22. The van der Waals surface area contributed by atoms with Crippen LogP contribution in [0.15, 0.2) is 24.4 Å². The first kappa shape index (κ1) is 18.7. The summed E-state index contributed by atoms with van der Waals surface area (Å²) in [6.07, 6.45) is 3.62. The number of hydrogen-bond acceptors (Lipinski definition) is 5. The van der Waals surface area contributed by atoms with Crippen molar-refractivity contribution in [2.75, 3.05) is 12.3 Å². The Hall–Kier alpha value is -1.63. The monoisotopic (exact) mass is 354 g/mol. The molecule has 0 bridgehead atoms. The van der Waals surface area contributed by atoms with Gasteiger partial charge in [0.1, 0.15) is 5.60 Å². The molecule has 0 saturated carbocycles. The summed E-state index contributed by atoms with van der Waals surface area (Å²) in [5, 5.41) is 0. The molecule has 7 heteroatoms. The van der Waals surface area contributed by atoms with Crippen molar-refractivity contribution in [1.82, 2.24) is 9.88 Å². The summed E-state index contributed by atoms with van der Waals surface area (Å²) in [6.45, 7) is 5.96. The second-order valence-corrected chi connectivity index (χ2v) is 9.31. The average Bonchev–Trinajstić information content (AvgIpc) is 2.46. The number of piperidine rings is 1. The van der Waals surface area contributed by atoms with Gasteiger partial charge >= 0.3 is 6.09 Å². The molecule has 1 aromatic rings. The lowest BCUT2D eigenvalue weighted by Gasteiger charge is -2.36. The molecule has 0 radical (unpaired) electrons. The number of rotatable bonds is 4. The Bertz CT molecular complexity index is 653. The molecule has 1 aliphatic heterocycles. The van der Waals surface area contributed by atoms with E-state index in [2.05, 4.69) is 4.98 Å². The van der Waals surface area contributed by atoms with Crippen LogP contribution in [0.25, 0.3) is 0 Å². The Balaban J connectivity index is 2.06. The molecule has 0 N–H and O–H groups in total. The minimum Gasteiger partial charge on any atom is -0.444 e. The van der Waals surface area contributed by atoms with Gasteiger partial charge in [-0.15, -0.1) is 0 Å². The van der Waals surface area contributed by atoms with Crippen molar-refractivity contribution in [3.63, 3.8) is 0 Å². The average molecular weight is 354 g/mol. The standard InChI is InChI=1S/C17H26N2O4S/c1-17(2,3)23-16(20)19-11-7-5-9-15(19)13-24(21,22)12-14-8-4-6-10-18-14/h4,6,8,10,15H,5,7,9,11-13H2,1-3H3/t15-/m1/s1. The highest BCUT2D eigenvalue weighted by atomic mass is 32.2. The van der Waals surface area contributed by atoms with Gasteiger partial charge in [0, 0.05) is 18.8 Å². The third-order valence-corrected chi connectivity index (χ3v) is 5.42. The number of likely N-dealkylation sites (tertiary alicyclic amines) is 1. The Morgan fingerprint density at radius 1 is 1.33 bits per heavy atom. The summed E-state index contributed by atoms with van der Waals surface area (Å²) >= 11 is 0. The fourth-order valence-electron chi connectivity index (χ4n) is 2.80. The zero-order valence-corrected chi connectivity index (χ0v) is 15.4. The lowest BCUT2D eigenvalue weighted by molar-refractivity contribution is 0.0124. The van der Waals surface area contributed by atoms with E-state index in [1.165, 1.54) is 0 Å². The van der Waals surface area contributed by atoms with Crippen LogP contribution in [0.3, 0.4) is 0 Å². The first-order valence-corrected chi connectivity index (χ1v) is 10.1. The lowest BCUT2D eigenvalue weighted by Crippen LogP contribution is -2.49. The minimum atomic E-state index is -3.36. The molecule has 2 heterocycles. The lowest BCUT2D eigenvalue weighted by atomic mass is 10.0. The number of carbonyl (C=O) groups is 1. The minimum absolute atomic E-state index is 0.0528. The SMILES string of the molecule is CC(C)(C)OC(=O)N1CCCC[C@@H]1CS(=O)(=O)Cc1ccccn1. The number of aromatic nitrogens is 1. The van der Waals surface area contributed by atoms with Crippen LogP contribution in [0.2, 0.25) is 0 Å². The Labute approximate surface area is 144 Å². The molecular formula is C17H26N2O4S. The van der Waals surface area contributed by atoms with Crippen LogP contribution in [-0.4, -0.2) is 48.3 Å². The maximum atomic E-state index is 12.5. The maximum Gasteiger partial charge on any atom is 0.410 e. The predicted octanol–water partition coefficient (Wildman–Crippen LogP) is 2.79. The van der Waals surface area contributed by atoms with Crippen LogP contribution in [0, 0.1) is 0 Å². The van der Waals surface area contributed by atoms with Crippen LogP contribution in [-0.2, 0) is 20.3 Å². The number of carbonyl (C=O) groups excluding carboxylic acids is 1. The Morgan fingerprint density at radius 3 is 2.71 bits per heavy atom. The van der Waals surface area contributed by atoms with Crippen molar-refractivity contribution in [2.45, 2.75) is 57.4 Å². The van der Waals surface area contributed by atoms with E-state index in [0.29, 0.717) is 18.7 Å². The van der Waals surface area contributed by atoms with Gasteiger partial charge < -0.3 is 9.64 Å². The number of ether oxygens (including phenoxy) is 1. The Kier molecular flexibility index (Phi) is 5.85. The molecule has 1 fully saturated rings. The van der Waals surface area contributed by atoms with Gasteiger partial charge in [-0.05, 0) is 52.2 Å². The van der Waals surface area contributed by atoms with Gasteiger partial charge in [0.2, 0.25) is 0 Å². The number of sulfone groups is 1. The van der Waals surface area contributed by atoms with E-state index in [0.717, 1.165) is 12.8 Å². The highest BCUT2D eigenvalue weighted by Gasteiger charge is 2.33. The molecule has 2 rings (SSSR count). The van der Waals surface area contributed by atoms with Gasteiger partial charge in [-0.3, -0.25) is 4.98 Å². The fourth-order valence-corrected chi connectivity index (χ4v) is 4.47. The van der Waals surface area contributed by atoms with Crippen LogP contribution >= 0.6 is 0 Å². The second-order valence-electron chi connectivity index (χ2n) is 7.20. The molecule has 24 heavy (non-hydrogen) atoms. The molecule has 1 aromatic heterocycles. The molecule has 1 amide bonds. The molecule has 0 aromatic carbocycles. The summed E-state index contributed by atoms with van der Waals surface area (Å²) < 4.78 is 30.4. The molecule has 1 atom stereocenters. The molecule has 0 unspecified atom stereocenters. The van der Waals surface area contributed by atoms with Crippen molar-refractivity contribution in [3.05, 3.63) is 30.1 Å². The van der Waals surface area contributed by atoms with Gasteiger partial charge in [0.15, 0.2) is 9.84 Å². The quantitative estimate of drug-likeness (QED) is 0.831. The van der Waals surface area contributed by atoms with Crippen LogP contribution in [0.4, 0.5) is 4.79 Å². The largest absolute Gasteiger partial charge is 0.444 e. The summed E-state index contributed by atoms with van der Waals surface area (Å²) in [7, 11) is -3.36. The van der Waals surface area contributed by atoms with Crippen LogP contribution in [0.1, 0.15) is 45.7 Å². The summed E-state index contributed by atoms with van der Waals surface area (Å²) in [6, 6.07) is 4.89. The van der Waals surface area contributed by atoms with E-state index >= 15 is 0 Å². The molecule has 0 aliphatic carbocycles. The fraction of sp³-hybridized carbons (Fsp3) is 0.647. The van der Waals surface area contributed by atoms with Gasteiger partial charge in [0.25, 0.3) is 0 Å². The number of pyridine rings is 1. The Morgan fingerprint density at radius 2 is 2.08 bits per heavy atom. The van der Waals surface area contributed by atoms with E-state index in [-0.39, 0.29) is 17.5 Å². The zero-order chi connectivity index (χ0) is 17.8. The van der Waals surface area contributed by atoms with E-state index in [1.54, 1.807) is 29.3 Å². The smallest absolute Gasteiger partial charge is 0.410 e. The van der Waals surface area contributed by atoms with Crippen molar-refractivity contribution >= 4 is 15.9 Å². The summed E-state index contributed by atoms with van der Waals surface area (Å²) in [5.41, 5.74) is -0.0662. The molecule has 1 saturated heterocycles.